The fourth-order valence-corrected chi connectivity index (χ4v) is 2.44. The molecule has 0 saturated carbocycles. The highest BCUT2D eigenvalue weighted by Gasteiger charge is 2.35. The average Bonchev–Trinajstić information content (AvgIpc) is 2.42. The highest BCUT2D eigenvalue weighted by molar-refractivity contribution is 6.09. The van der Waals surface area contributed by atoms with Gasteiger partial charge in [-0.1, -0.05) is 6.07 Å². The maximum Gasteiger partial charge on any atom is 0.237 e. The van der Waals surface area contributed by atoms with E-state index in [4.69, 9.17) is 5.26 Å². The molecule has 1 aliphatic rings. The van der Waals surface area contributed by atoms with Crippen LogP contribution in [0.25, 0.3) is 0 Å². The number of carbonyl (C=O) groups excluding carboxylic acids is 2. The molecule has 0 N–H and O–H groups in total. The van der Waals surface area contributed by atoms with E-state index in [-0.39, 0.29) is 17.9 Å². The summed E-state index contributed by atoms with van der Waals surface area (Å²) < 4.78 is 13.9. The van der Waals surface area contributed by atoms with Crippen LogP contribution < -0.4 is 4.90 Å². The van der Waals surface area contributed by atoms with Crippen molar-refractivity contribution in [3.8, 4) is 6.07 Å². The van der Waals surface area contributed by atoms with Gasteiger partial charge in [-0.3, -0.25) is 9.59 Å². The van der Waals surface area contributed by atoms with Crippen molar-refractivity contribution in [1.29, 1.82) is 5.26 Å². The standard InChI is InChI=1S/C15H15FN2O2/c1-10-4-5-12(16)13(9-10)18-8-2-3-11(15(18)20)14(19)6-7-17/h4-5,9,11H,2-3,6,8H2,1H3/t11-/m0/s1. The SMILES string of the molecule is Cc1ccc(F)c(N2CCC[C@@H](C(=O)CC#N)C2=O)c1. The van der Waals surface area contributed by atoms with E-state index >= 15 is 0 Å². The number of rotatable bonds is 3. The molecule has 1 atom stereocenters. The minimum atomic E-state index is -0.816. The zero-order chi connectivity index (χ0) is 14.7. The minimum absolute atomic E-state index is 0.212. The van der Waals surface area contributed by atoms with E-state index in [1.165, 1.54) is 11.0 Å². The molecule has 5 heteroatoms. The third kappa shape index (κ3) is 2.69. The number of hydrogen-bond acceptors (Lipinski definition) is 3. The maximum atomic E-state index is 13.9. The number of Topliss-reactive ketones (excluding diaryl/α,β-unsaturated/α-hetero) is 1. The summed E-state index contributed by atoms with van der Waals surface area (Å²) in [6.07, 6.45) is 0.783. The van der Waals surface area contributed by atoms with Gasteiger partial charge in [0.15, 0.2) is 5.78 Å². The van der Waals surface area contributed by atoms with Gasteiger partial charge in [-0.25, -0.2) is 4.39 Å². The molecule has 20 heavy (non-hydrogen) atoms. The molecule has 1 aromatic rings. The maximum absolute atomic E-state index is 13.9. The summed E-state index contributed by atoms with van der Waals surface area (Å²) in [6.45, 7) is 2.21. The Bertz CT molecular complexity index is 592. The van der Waals surface area contributed by atoms with Crippen LogP contribution in [0.1, 0.15) is 24.8 Å². The number of nitriles is 1. The number of anilines is 1. The van der Waals surface area contributed by atoms with Crippen molar-refractivity contribution in [3.63, 3.8) is 0 Å². The molecule has 1 aliphatic heterocycles. The van der Waals surface area contributed by atoms with E-state index in [1.54, 1.807) is 18.2 Å². The van der Waals surface area contributed by atoms with Gasteiger partial charge in [0.05, 0.1) is 24.1 Å². The van der Waals surface area contributed by atoms with Crippen LogP contribution in [0.5, 0.6) is 0 Å². The van der Waals surface area contributed by atoms with Crippen molar-refractivity contribution in [3.05, 3.63) is 29.6 Å². The molecule has 1 aromatic carbocycles. The Kier molecular flexibility index (Phi) is 4.14. The predicted molar refractivity (Wildman–Crippen MR) is 71.5 cm³/mol. The Morgan fingerprint density at radius 1 is 1.55 bits per heavy atom. The summed E-state index contributed by atoms with van der Waals surface area (Å²) in [5, 5.41) is 8.56. The van der Waals surface area contributed by atoms with E-state index in [2.05, 4.69) is 0 Å². The fourth-order valence-electron chi connectivity index (χ4n) is 2.44. The molecule has 0 aromatic heterocycles. The number of carbonyl (C=O) groups is 2. The second kappa shape index (κ2) is 5.83. The smallest absolute Gasteiger partial charge is 0.237 e. The van der Waals surface area contributed by atoms with Crippen molar-refractivity contribution < 1.29 is 14.0 Å². The van der Waals surface area contributed by atoms with Gasteiger partial charge in [0.2, 0.25) is 5.91 Å². The summed E-state index contributed by atoms with van der Waals surface area (Å²) in [7, 11) is 0. The van der Waals surface area contributed by atoms with Crippen LogP contribution in [0, 0.1) is 30.0 Å². The molecular formula is C15H15FN2O2. The van der Waals surface area contributed by atoms with Crippen LogP contribution in [0.2, 0.25) is 0 Å². The molecule has 104 valence electrons. The number of aryl methyl sites for hydroxylation is 1. The third-order valence-electron chi connectivity index (χ3n) is 3.47. The van der Waals surface area contributed by atoms with Gasteiger partial charge in [0.1, 0.15) is 5.82 Å². The number of ketones is 1. The van der Waals surface area contributed by atoms with E-state index in [9.17, 15) is 14.0 Å². The Hall–Kier alpha value is -2.22. The Balaban J connectivity index is 2.29. The summed E-state index contributed by atoms with van der Waals surface area (Å²) in [6, 6.07) is 6.32. The van der Waals surface area contributed by atoms with Crippen LogP contribution in [-0.2, 0) is 9.59 Å². The molecular weight excluding hydrogens is 259 g/mol. The molecule has 0 bridgehead atoms. The summed E-state index contributed by atoms with van der Waals surface area (Å²) >= 11 is 0. The Morgan fingerprint density at radius 2 is 2.30 bits per heavy atom. The predicted octanol–water partition coefficient (Wildman–Crippen LogP) is 2.36. The Morgan fingerprint density at radius 3 is 3.00 bits per heavy atom. The van der Waals surface area contributed by atoms with Crippen molar-refractivity contribution in [1.82, 2.24) is 0 Å². The van der Waals surface area contributed by atoms with E-state index in [0.29, 0.717) is 19.4 Å². The summed E-state index contributed by atoms with van der Waals surface area (Å²) in [5.74, 6) is -2.07. The zero-order valence-corrected chi connectivity index (χ0v) is 11.2. The van der Waals surface area contributed by atoms with Crippen molar-refractivity contribution in [2.75, 3.05) is 11.4 Å². The highest BCUT2D eigenvalue weighted by Crippen LogP contribution is 2.28. The largest absolute Gasteiger partial charge is 0.309 e. The molecule has 1 saturated heterocycles. The molecule has 0 unspecified atom stereocenters. The number of piperidine rings is 1. The lowest BCUT2D eigenvalue weighted by molar-refractivity contribution is -0.133. The third-order valence-corrected chi connectivity index (χ3v) is 3.47. The first-order valence-corrected chi connectivity index (χ1v) is 6.52. The number of benzene rings is 1. The molecule has 0 radical (unpaired) electrons. The van der Waals surface area contributed by atoms with Crippen LogP contribution in [0.3, 0.4) is 0 Å². The number of amides is 1. The molecule has 2 rings (SSSR count). The summed E-state index contributed by atoms with van der Waals surface area (Å²) in [5.41, 5.74) is 1.06. The molecule has 0 spiro atoms. The van der Waals surface area contributed by atoms with Gasteiger partial charge in [-0.05, 0) is 37.5 Å². The van der Waals surface area contributed by atoms with Crippen LogP contribution in [-0.4, -0.2) is 18.2 Å². The van der Waals surface area contributed by atoms with Crippen LogP contribution in [0.4, 0.5) is 10.1 Å². The first kappa shape index (κ1) is 14.2. The van der Waals surface area contributed by atoms with Gasteiger partial charge in [-0.15, -0.1) is 0 Å². The van der Waals surface area contributed by atoms with Gasteiger partial charge in [-0.2, -0.15) is 5.26 Å². The molecule has 1 heterocycles. The lowest BCUT2D eigenvalue weighted by Gasteiger charge is -2.31. The average molecular weight is 274 g/mol. The van der Waals surface area contributed by atoms with E-state index in [1.807, 2.05) is 6.92 Å². The normalized spacial score (nSPS) is 18.8. The Labute approximate surface area is 116 Å². The van der Waals surface area contributed by atoms with Crippen LogP contribution in [0.15, 0.2) is 18.2 Å². The quantitative estimate of drug-likeness (QED) is 0.795. The van der Waals surface area contributed by atoms with Gasteiger partial charge in [0, 0.05) is 6.54 Å². The van der Waals surface area contributed by atoms with Crippen LogP contribution >= 0.6 is 0 Å². The minimum Gasteiger partial charge on any atom is -0.309 e. The lowest BCUT2D eigenvalue weighted by atomic mass is 9.91. The first-order chi connectivity index (χ1) is 9.54. The van der Waals surface area contributed by atoms with Gasteiger partial charge in [0.25, 0.3) is 0 Å². The summed E-state index contributed by atoms with van der Waals surface area (Å²) in [4.78, 5) is 25.4. The second-order valence-corrected chi connectivity index (χ2v) is 4.94. The van der Waals surface area contributed by atoms with E-state index < -0.39 is 17.6 Å². The number of halogens is 1. The topological polar surface area (TPSA) is 61.2 Å². The second-order valence-electron chi connectivity index (χ2n) is 4.94. The van der Waals surface area contributed by atoms with Crippen molar-refractivity contribution >= 4 is 17.4 Å². The van der Waals surface area contributed by atoms with Crippen molar-refractivity contribution in [2.24, 2.45) is 5.92 Å². The highest BCUT2D eigenvalue weighted by atomic mass is 19.1. The monoisotopic (exact) mass is 274 g/mol. The molecule has 1 fully saturated rings. The van der Waals surface area contributed by atoms with Crippen molar-refractivity contribution in [2.45, 2.75) is 26.2 Å². The van der Waals surface area contributed by atoms with E-state index in [0.717, 1.165) is 5.56 Å². The number of hydrogen-bond donors (Lipinski definition) is 0. The fraction of sp³-hybridized carbons (Fsp3) is 0.400. The molecule has 0 aliphatic carbocycles. The number of nitrogens with zero attached hydrogens (tertiary/aromatic N) is 2. The zero-order valence-electron chi connectivity index (χ0n) is 11.2. The lowest BCUT2D eigenvalue weighted by Crippen LogP contribution is -2.44. The van der Waals surface area contributed by atoms with Gasteiger partial charge >= 0.3 is 0 Å². The molecule has 4 nitrogen and oxygen atoms in total. The van der Waals surface area contributed by atoms with Gasteiger partial charge < -0.3 is 4.90 Å². The first-order valence-electron chi connectivity index (χ1n) is 6.52. The molecule has 1 amide bonds.